The van der Waals surface area contributed by atoms with Gasteiger partial charge in [-0.05, 0) is 39.1 Å². The van der Waals surface area contributed by atoms with Crippen LogP contribution in [0, 0.1) is 0 Å². The molecule has 0 aromatic heterocycles. The maximum atomic E-state index is 10.8. The van der Waals surface area contributed by atoms with Gasteiger partial charge in [-0.3, -0.25) is 0 Å². The van der Waals surface area contributed by atoms with Gasteiger partial charge >= 0.3 is 0 Å². The van der Waals surface area contributed by atoms with Gasteiger partial charge in [-0.15, -0.1) is 0 Å². The number of phenols is 2. The first-order chi connectivity index (χ1) is 12.3. The van der Waals surface area contributed by atoms with Crippen LogP contribution in [0.5, 0.6) is 11.5 Å². The van der Waals surface area contributed by atoms with Crippen molar-refractivity contribution in [1.82, 2.24) is 0 Å². The van der Waals surface area contributed by atoms with Crippen LogP contribution in [0.15, 0.2) is 78.9 Å². The van der Waals surface area contributed by atoms with Gasteiger partial charge in [0, 0.05) is 11.5 Å². The Morgan fingerprint density at radius 1 is 0.640 bits per heavy atom. The molecule has 1 aliphatic rings. The number of benzene rings is 4. The Balaban J connectivity index is 1.92. The summed E-state index contributed by atoms with van der Waals surface area (Å²) in [4.78, 5) is 0. The van der Waals surface area contributed by atoms with E-state index in [1.165, 1.54) is 11.1 Å². The first-order valence-electron chi connectivity index (χ1n) is 8.37. The lowest BCUT2D eigenvalue weighted by molar-refractivity contribution is 0.400. The molecule has 0 atom stereocenters. The molecule has 0 unspecified atom stereocenters. The molecule has 2 nitrogen and oxygen atoms in total. The van der Waals surface area contributed by atoms with E-state index in [0.717, 1.165) is 27.5 Å². The van der Waals surface area contributed by atoms with Crippen molar-refractivity contribution in [3.05, 3.63) is 95.6 Å². The highest BCUT2D eigenvalue weighted by molar-refractivity contribution is 5.93. The first kappa shape index (κ1) is 14.1. The molecule has 0 heterocycles. The lowest BCUT2D eigenvalue weighted by Crippen LogP contribution is -2.01. The molecular formula is C23H16O2. The van der Waals surface area contributed by atoms with E-state index < -0.39 is 0 Å². The van der Waals surface area contributed by atoms with Crippen molar-refractivity contribution in [3.8, 4) is 22.6 Å². The van der Waals surface area contributed by atoms with E-state index in [-0.39, 0.29) is 17.4 Å². The quantitative estimate of drug-likeness (QED) is 0.405. The summed E-state index contributed by atoms with van der Waals surface area (Å²) < 4.78 is 0. The third-order valence-corrected chi connectivity index (χ3v) is 5.16. The predicted octanol–water partition coefficient (Wildman–Crippen LogP) is 5.41. The van der Waals surface area contributed by atoms with Crippen LogP contribution >= 0.6 is 0 Å². The molecule has 0 spiro atoms. The van der Waals surface area contributed by atoms with Crippen LogP contribution in [-0.2, 0) is 0 Å². The molecule has 0 amide bonds. The van der Waals surface area contributed by atoms with E-state index >= 15 is 0 Å². The molecule has 0 aliphatic heterocycles. The zero-order valence-corrected chi connectivity index (χ0v) is 13.5. The van der Waals surface area contributed by atoms with Crippen LogP contribution < -0.4 is 0 Å². The van der Waals surface area contributed by atoms with E-state index in [9.17, 15) is 10.2 Å². The minimum atomic E-state index is -0.0931. The number of hydrogen-bond acceptors (Lipinski definition) is 2. The third-order valence-electron chi connectivity index (χ3n) is 5.16. The van der Waals surface area contributed by atoms with Crippen molar-refractivity contribution in [2.24, 2.45) is 0 Å². The Bertz CT molecular complexity index is 1080. The van der Waals surface area contributed by atoms with Crippen molar-refractivity contribution in [2.75, 3.05) is 0 Å². The number of phenolic OH excluding ortho intramolecular Hbond substituents is 2. The number of fused-ring (bicyclic) bond motifs is 4. The summed E-state index contributed by atoms with van der Waals surface area (Å²) in [7, 11) is 0. The SMILES string of the molecule is Oc1cc2ccccc2c(C2c3ccccc3-c3ccccc32)c1O. The molecule has 0 saturated carbocycles. The summed E-state index contributed by atoms with van der Waals surface area (Å²) in [6.45, 7) is 0. The molecule has 4 aromatic rings. The fourth-order valence-electron chi connectivity index (χ4n) is 4.11. The van der Waals surface area contributed by atoms with Gasteiger partial charge < -0.3 is 10.2 Å². The van der Waals surface area contributed by atoms with Gasteiger partial charge in [-0.25, -0.2) is 0 Å². The van der Waals surface area contributed by atoms with Gasteiger partial charge in [0.15, 0.2) is 11.5 Å². The largest absolute Gasteiger partial charge is 0.504 e. The molecule has 2 heteroatoms. The highest BCUT2D eigenvalue weighted by Gasteiger charge is 2.33. The minimum absolute atomic E-state index is 0.0322. The first-order valence-corrected chi connectivity index (χ1v) is 8.37. The molecule has 5 rings (SSSR count). The summed E-state index contributed by atoms with van der Waals surface area (Å²) in [5, 5.41) is 23.0. The van der Waals surface area contributed by atoms with Crippen LogP contribution in [0.3, 0.4) is 0 Å². The summed E-state index contributed by atoms with van der Waals surface area (Å²) in [6.07, 6.45) is 0. The minimum Gasteiger partial charge on any atom is -0.504 e. The van der Waals surface area contributed by atoms with E-state index in [0.29, 0.717) is 0 Å². The summed E-state index contributed by atoms with van der Waals surface area (Å²) in [6, 6.07) is 26.1. The lowest BCUT2D eigenvalue weighted by atomic mass is 9.85. The lowest BCUT2D eigenvalue weighted by Gasteiger charge is -2.19. The summed E-state index contributed by atoms with van der Waals surface area (Å²) in [5.74, 6) is -0.199. The molecule has 25 heavy (non-hydrogen) atoms. The van der Waals surface area contributed by atoms with Gasteiger partial charge in [0.25, 0.3) is 0 Å². The fraction of sp³-hybridized carbons (Fsp3) is 0.0435. The van der Waals surface area contributed by atoms with Gasteiger partial charge in [0.05, 0.1) is 0 Å². The molecule has 0 radical (unpaired) electrons. The van der Waals surface area contributed by atoms with Crippen LogP contribution in [0.4, 0.5) is 0 Å². The monoisotopic (exact) mass is 324 g/mol. The van der Waals surface area contributed by atoms with Gasteiger partial charge in [0.2, 0.25) is 0 Å². The maximum Gasteiger partial charge on any atom is 0.162 e. The van der Waals surface area contributed by atoms with Gasteiger partial charge in [0.1, 0.15) is 0 Å². The van der Waals surface area contributed by atoms with Crippen LogP contribution in [0.25, 0.3) is 21.9 Å². The maximum absolute atomic E-state index is 10.8. The van der Waals surface area contributed by atoms with Gasteiger partial charge in [-0.1, -0.05) is 72.8 Å². The van der Waals surface area contributed by atoms with Crippen LogP contribution in [0.2, 0.25) is 0 Å². The summed E-state index contributed by atoms with van der Waals surface area (Å²) in [5.41, 5.74) is 5.47. The average molecular weight is 324 g/mol. The van der Waals surface area contributed by atoms with Crippen molar-refractivity contribution in [1.29, 1.82) is 0 Å². The van der Waals surface area contributed by atoms with Gasteiger partial charge in [-0.2, -0.15) is 0 Å². The van der Waals surface area contributed by atoms with Crippen molar-refractivity contribution in [3.63, 3.8) is 0 Å². The highest BCUT2D eigenvalue weighted by Crippen LogP contribution is 2.52. The number of aromatic hydroxyl groups is 2. The van der Waals surface area contributed by atoms with E-state index in [1.54, 1.807) is 6.07 Å². The molecule has 0 fully saturated rings. The Morgan fingerprint density at radius 3 is 1.88 bits per heavy atom. The van der Waals surface area contributed by atoms with Crippen LogP contribution in [0.1, 0.15) is 22.6 Å². The second-order valence-electron chi connectivity index (χ2n) is 6.49. The molecular weight excluding hydrogens is 308 g/mol. The van der Waals surface area contributed by atoms with Crippen molar-refractivity contribution >= 4 is 10.8 Å². The second kappa shape index (κ2) is 5.12. The molecule has 4 aromatic carbocycles. The van der Waals surface area contributed by atoms with E-state index in [2.05, 4.69) is 24.3 Å². The Hall–Kier alpha value is -3.26. The Morgan fingerprint density at radius 2 is 1.20 bits per heavy atom. The molecule has 0 bridgehead atoms. The molecule has 120 valence electrons. The molecule has 2 N–H and O–H groups in total. The Labute approximate surface area is 145 Å². The topological polar surface area (TPSA) is 40.5 Å². The zero-order valence-electron chi connectivity index (χ0n) is 13.5. The zero-order chi connectivity index (χ0) is 17.0. The predicted molar refractivity (Wildman–Crippen MR) is 100 cm³/mol. The van der Waals surface area contributed by atoms with Crippen molar-refractivity contribution < 1.29 is 10.2 Å². The van der Waals surface area contributed by atoms with Crippen molar-refractivity contribution in [2.45, 2.75) is 5.92 Å². The van der Waals surface area contributed by atoms with E-state index in [4.69, 9.17) is 0 Å². The standard InChI is InChI=1S/C23H16O2/c24-20-13-14-7-1-2-8-15(14)22(23(20)25)21-18-11-5-3-9-16(18)17-10-4-6-12-19(17)21/h1-13,21,24-25H. The second-order valence-corrected chi connectivity index (χ2v) is 6.49. The fourth-order valence-corrected chi connectivity index (χ4v) is 4.11. The Kier molecular flexibility index (Phi) is 2.89. The number of rotatable bonds is 1. The normalized spacial score (nSPS) is 13.0. The number of hydrogen-bond donors (Lipinski definition) is 2. The third kappa shape index (κ3) is 1.91. The molecule has 0 saturated heterocycles. The molecule has 1 aliphatic carbocycles. The van der Waals surface area contributed by atoms with E-state index in [1.807, 2.05) is 48.5 Å². The summed E-state index contributed by atoms with van der Waals surface area (Å²) >= 11 is 0. The smallest absolute Gasteiger partial charge is 0.162 e. The average Bonchev–Trinajstić information content (AvgIpc) is 2.98. The highest BCUT2D eigenvalue weighted by atomic mass is 16.3. The van der Waals surface area contributed by atoms with Crippen LogP contribution in [-0.4, -0.2) is 10.2 Å².